The number of ether oxygens (including phenoxy) is 2. The molecule has 14 heteroatoms. The fraction of sp³-hybridized carbons (Fsp3) is 0.222. The van der Waals surface area contributed by atoms with E-state index < -0.39 is 0 Å². The normalized spacial score (nSPS) is 14.6. The molecule has 0 saturated heterocycles. The van der Waals surface area contributed by atoms with Crippen LogP contribution in [0.3, 0.4) is 0 Å². The first-order valence-electron chi connectivity index (χ1n) is 12.6. The number of hydrazine groups is 1. The number of furan rings is 1. The van der Waals surface area contributed by atoms with Crippen LogP contribution in [0.25, 0.3) is 21.9 Å². The van der Waals surface area contributed by atoms with E-state index in [1.165, 1.54) is 26.7 Å². The Bertz CT molecular complexity index is 1910. The van der Waals surface area contributed by atoms with Crippen molar-refractivity contribution >= 4 is 57.6 Å². The molecule has 0 aliphatic carbocycles. The zero-order valence-corrected chi connectivity index (χ0v) is 23.2. The SMILES string of the molecule is COc1c2occc2c(OC)c2c(=O)c(C3CC=NN3c3ccc(NCn4nc(C)c(NN)nc4=S)cc3)coc12. The molecule has 210 valence electrons. The summed E-state index contributed by atoms with van der Waals surface area (Å²) in [5, 5.41) is 14.9. The molecule has 1 unspecified atom stereocenters. The van der Waals surface area contributed by atoms with Crippen LogP contribution >= 0.6 is 12.2 Å². The second-order valence-corrected chi connectivity index (χ2v) is 9.57. The van der Waals surface area contributed by atoms with Gasteiger partial charge in [-0.15, -0.1) is 0 Å². The van der Waals surface area contributed by atoms with Crippen molar-refractivity contribution < 1.29 is 18.3 Å². The number of nitrogens with one attached hydrogen (secondary N) is 2. The zero-order valence-electron chi connectivity index (χ0n) is 22.4. The van der Waals surface area contributed by atoms with Crippen LogP contribution in [0.5, 0.6) is 11.5 Å². The fourth-order valence-electron chi connectivity index (χ4n) is 4.95. The molecule has 5 aromatic rings. The molecule has 0 amide bonds. The molecule has 0 saturated carbocycles. The standard InChI is InChI=1S/C27H26N8O5S/c1-14-26(32-28)31-27(41)34(33-14)13-29-15-4-6-16(7-5-15)35-19(8-10-30-35)18-12-40-24-20(21(18)36)22(37-2)17-9-11-39-23(17)25(24)38-3/h4-7,9-12,19,29H,8,13,28H2,1-3H3,(H,31,32,41). The lowest BCUT2D eigenvalue weighted by Gasteiger charge is -2.24. The molecule has 2 aromatic carbocycles. The Kier molecular flexibility index (Phi) is 6.77. The monoisotopic (exact) mass is 574 g/mol. The fourth-order valence-corrected chi connectivity index (χ4v) is 5.15. The number of fused-ring (bicyclic) bond motifs is 2. The van der Waals surface area contributed by atoms with Crippen molar-refractivity contribution in [2.75, 3.05) is 30.0 Å². The third-order valence-corrected chi connectivity index (χ3v) is 7.21. The van der Waals surface area contributed by atoms with Crippen LogP contribution in [0.1, 0.15) is 23.7 Å². The summed E-state index contributed by atoms with van der Waals surface area (Å²) >= 11 is 5.30. The maximum Gasteiger partial charge on any atom is 0.219 e. The lowest BCUT2D eigenvalue weighted by atomic mass is 10.0. The second kappa shape index (κ2) is 10.6. The number of nitrogens with zero attached hydrogens (tertiary/aromatic N) is 5. The van der Waals surface area contributed by atoms with Crippen LogP contribution in [-0.2, 0) is 6.67 Å². The molecule has 3 aromatic heterocycles. The quantitative estimate of drug-likeness (QED) is 0.136. The van der Waals surface area contributed by atoms with Gasteiger partial charge in [-0.1, -0.05) is 0 Å². The van der Waals surface area contributed by atoms with Crippen molar-refractivity contribution in [1.82, 2.24) is 14.8 Å². The predicted octanol–water partition coefficient (Wildman–Crippen LogP) is 4.48. The maximum atomic E-state index is 13.9. The molecule has 0 bridgehead atoms. The number of hydrogen-bond donors (Lipinski definition) is 3. The number of anilines is 3. The molecule has 1 aliphatic heterocycles. The largest absolute Gasteiger partial charge is 0.495 e. The lowest BCUT2D eigenvalue weighted by molar-refractivity contribution is 0.399. The minimum atomic E-state index is -0.378. The number of nitrogens with two attached hydrogens (primary N) is 1. The number of hydrazone groups is 1. The number of aryl methyl sites for hydroxylation is 1. The van der Waals surface area contributed by atoms with Crippen molar-refractivity contribution in [3.8, 4) is 11.5 Å². The Balaban J connectivity index is 1.29. The van der Waals surface area contributed by atoms with Gasteiger partial charge in [-0.25, -0.2) is 10.5 Å². The molecular weight excluding hydrogens is 548 g/mol. The average Bonchev–Trinajstić information content (AvgIpc) is 3.67. The Morgan fingerprint density at radius 1 is 1.12 bits per heavy atom. The van der Waals surface area contributed by atoms with Gasteiger partial charge in [-0.2, -0.15) is 15.2 Å². The molecule has 4 heterocycles. The molecule has 4 N–H and O–H groups in total. The third kappa shape index (κ3) is 4.42. The second-order valence-electron chi connectivity index (χ2n) is 9.20. The molecule has 0 fully saturated rings. The van der Waals surface area contributed by atoms with E-state index in [-0.39, 0.29) is 22.4 Å². The van der Waals surface area contributed by atoms with E-state index in [2.05, 4.69) is 25.9 Å². The van der Waals surface area contributed by atoms with E-state index in [0.717, 1.165) is 11.4 Å². The van der Waals surface area contributed by atoms with Gasteiger partial charge in [0.25, 0.3) is 0 Å². The summed E-state index contributed by atoms with van der Waals surface area (Å²) in [5.74, 6) is 6.59. The average molecular weight is 575 g/mol. The maximum absolute atomic E-state index is 13.9. The Morgan fingerprint density at radius 2 is 1.90 bits per heavy atom. The van der Waals surface area contributed by atoms with Crippen LogP contribution in [0.2, 0.25) is 0 Å². The summed E-state index contributed by atoms with van der Waals surface area (Å²) in [6, 6.07) is 9.00. The van der Waals surface area contributed by atoms with Gasteiger partial charge in [0.05, 0.1) is 43.2 Å². The highest BCUT2D eigenvalue weighted by Crippen LogP contribution is 2.43. The van der Waals surface area contributed by atoms with Gasteiger partial charge < -0.3 is 29.1 Å². The van der Waals surface area contributed by atoms with Crippen LogP contribution in [0.15, 0.2) is 61.6 Å². The lowest BCUT2D eigenvalue weighted by Crippen LogP contribution is -2.24. The minimum absolute atomic E-state index is 0.229. The van der Waals surface area contributed by atoms with Crippen molar-refractivity contribution in [1.29, 1.82) is 0 Å². The van der Waals surface area contributed by atoms with Crippen molar-refractivity contribution in [3.63, 3.8) is 0 Å². The summed E-state index contributed by atoms with van der Waals surface area (Å²) < 4.78 is 24.6. The molecule has 1 aliphatic rings. The highest BCUT2D eigenvalue weighted by atomic mass is 32.1. The Labute approximate surface area is 238 Å². The predicted molar refractivity (Wildman–Crippen MR) is 157 cm³/mol. The first-order chi connectivity index (χ1) is 19.9. The molecule has 13 nitrogen and oxygen atoms in total. The number of methoxy groups -OCH3 is 2. The first-order valence-corrected chi connectivity index (χ1v) is 13.0. The van der Waals surface area contributed by atoms with Gasteiger partial charge in [0, 0.05) is 18.3 Å². The number of hydrogen-bond acceptors (Lipinski definition) is 13. The number of rotatable bonds is 8. The summed E-state index contributed by atoms with van der Waals surface area (Å²) in [6.07, 6.45) is 5.28. The van der Waals surface area contributed by atoms with Gasteiger partial charge in [0.2, 0.25) is 15.9 Å². The van der Waals surface area contributed by atoms with Crippen LogP contribution in [-0.4, -0.2) is 35.2 Å². The molecule has 6 rings (SSSR count). The number of aromatic nitrogens is 3. The number of benzene rings is 2. The molecule has 0 radical (unpaired) electrons. The topological polar surface area (TPSA) is 158 Å². The van der Waals surface area contributed by atoms with E-state index in [0.29, 0.717) is 57.4 Å². The van der Waals surface area contributed by atoms with Crippen LogP contribution in [0.4, 0.5) is 17.2 Å². The van der Waals surface area contributed by atoms with Crippen LogP contribution < -0.4 is 36.5 Å². The molecule has 41 heavy (non-hydrogen) atoms. The summed E-state index contributed by atoms with van der Waals surface area (Å²) in [7, 11) is 3.01. The highest BCUT2D eigenvalue weighted by molar-refractivity contribution is 7.71. The summed E-state index contributed by atoms with van der Waals surface area (Å²) in [4.78, 5) is 18.1. The van der Waals surface area contributed by atoms with E-state index in [9.17, 15) is 4.79 Å². The van der Waals surface area contributed by atoms with Gasteiger partial charge >= 0.3 is 0 Å². The highest BCUT2D eigenvalue weighted by Gasteiger charge is 2.30. The zero-order chi connectivity index (χ0) is 28.7. The van der Waals surface area contributed by atoms with E-state index in [1.54, 1.807) is 28.9 Å². The molecular formula is C27H26N8O5S. The van der Waals surface area contributed by atoms with Gasteiger partial charge in [0.1, 0.15) is 29.8 Å². The van der Waals surface area contributed by atoms with Crippen molar-refractivity contribution in [2.24, 2.45) is 10.9 Å². The summed E-state index contributed by atoms with van der Waals surface area (Å²) in [6.45, 7) is 2.10. The van der Waals surface area contributed by atoms with E-state index >= 15 is 0 Å². The van der Waals surface area contributed by atoms with E-state index in [4.69, 9.17) is 36.4 Å². The smallest absolute Gasteiger partial charge is 0.219 e. The van der Waals surface area contributed by atoms with Gasteiger partial charge in [-0.05, 0) is 49.5 Å². The van der Waals surface area contributed by atoms with Gasteiger partial charge in [-0.3, -0.25) is 9.80 Å². The first kappa shape index (κ1) is 26.3. The molecule has 1 atom stereocenters. The van der Waals surface area contributed by atoms with Crippen molar-refractivity contribution in [3.05, 3.63) is 69.1 Å². The number of nitrogen functional groups attached to an aromatic ring is 1. The van der Waals surface area contributed by atoms with E-state index in [1.807, 2.05) is 24.3 Å². The van der Waals surface area contributed by atoms with Gasteiger partial charge in [0.15, 0.2) is 17.0 Å². The van der Waals surface area contributed by atoms with Crippen LogP contribution in [0, 0.1) is 11.7 Å². The summed E-state index contributed by atoms with van der Waals surface area (Å²) in [5.41, 5.74) is 5.66. The Morgan fingerprint density at radius 3 is 2.63 bits per heavy atom. The Hall–Kier alpha value is -4.95. The van der Waals surface area contributed by atoms with Crippen molar-refractivity contribution in [2.45, 2.75) is 26.1 Å². The minimum Gasteiger partial charge on any atom is -0.495 e. The molecule has 0 spiro atoms. The third-order valence-electron chi connectivity index (χ3n) is 6.91.